The highest BCUT2D eigenvalue weighted by Crippen LogP contribution is 2.38. The normalized spacial score (nSPS) is 14.5. The van der Waals surface area contributed by atoms with E-state index >= 15 is 0 Å². The molecule has 4 aromatic rings. The van der Waals surface area contributed by atoms with Crippen LogP contribution in [0.1, 0.15) is 33.6 Å². The number of para-hydroxylation sites is 1. The predicted octanol–water partition coefficient (Wildman–Crippen LogP) is 6.56. The third-order valence-corrected chi connectivity index (χ3v) is 8.25. The van der Waals surface area contributed by atoms with Gasteiger partial charge < -0.3 is 14.8 Å². The van der Waals surface area contributed by atoms with Crippen molar-refractivity contribution in [2.75, 3.05) is 18.4 Å². The lowest BCUT2D eigenvalue weighted by atomic mass is 9.95. The number of aryl methyl sites for hydroxylation is 2. The lowest BCUT2D eigenvalue weighted by Crippen LogP contribution is -2.41. The number of nitrogens with zero attached hydrogens (tertiary/aromatic N) is 2. The van der Waals surface area contributed by atoms with Crippen LogP contribution in [0, 0.1) is 19.8 Å². The maximum absolute atomic E-state index is 13.7. The number of benzene rings is 2. The van der Waals surface area contributed by atoms with Gasteiger partial charge in [-0.2, -0.15) is 0 Å². The van der Waals surface area contributed by atoms with E-state index < -0.39 is 0 Å². The number of amides is 2. The van der Waals surface area contributed by atoms with E-state index in [1.807, 2.05) is 58.3 Å². The number of anilines is 1. The number of fused-ring (bicyclic) bond motifs is 1. The van der Waals surface area contributed by atoms with E-state index in [-0.39, 0.29) is 17.7 Å². The zero-order chi connectivity index (χ0) is 23.8. The van der Waals surface area contributed by atoms with Crippen molar-refractivity contribution in [2.45, 2.75) is 26.7 Å². The molecule has 34 heavy (non-hydrogen) atoms. The van der Waals surface area contributed by atoms with Crippen molar-refractivity contribution in [1.29, 1.82) is 0 Å². The highest BCUT2D eigenvalue weighted by molar-refractivity contribution is 9.10. The molecular weight excluding hydrogens is 510 g/mol. The topological polar surface area (TPSA) is 54.3 Å². The Balaban J connectivity index is 1.36. The Morgan fingerprint density at radius 2 is 1.74 bits per heavy atom. The van der Waals surface area contributed by atoms with Crippen molar-refractivity contribution in [3.63, 3.8) is 0 Å². The van der Waals surface area contributed by atoms with Crippen molar-refractivity contribution in [3.05, 3.63) is 81.4 Å². The fraction of sp³-hybridized carbons (Fsp3) is 0.259. The smallest absolute Gasteiger partial charge is 0.266 e. The Bertz CT molecular complexity index is 1370. The second-order valence-electron chi connectivity index (χ2n) is 8.86. The van der Waals surface area contributed by atoms with Gasteiger partial charge in [0.05, 0.1) is 11.4 Å². The Morgan fingerprint density at radius 3 is 2.44 bits per heavy atom. The van der Waals surface area contributed by atoms with Crippen LogP contribution in [0.4, 0.5) is 5.69 Å². The Labute approximate surface area is 211 Å². The van der Waals surface area contributed by atoms with E-state index in [1.54, 1.807) is 11.3 Å². The third kappa shape index (κ3) is 4.30. The number of carbonyl (C=O) groups excluding carboxylic acids is 2. The minimum absolute atomic E-state index is 0.0139. The first-order chi connectivity index (χ1) is 16.4. The SMILES string of the molecule is Cc1cc(C)c2c(-n3cccc3)c(C(=O)N3CCC(C(=O)Nc4ccccc4Br)CC3)sc2c1. The van der Waals surface area contributed by atoms with Gasteiger partial charge in [0.25, 0.3) is 5.91 Å². The predicted molar refractivity (Wildman–Crippen MR) is 142 cm³/mol. The number of carbonyl (C=O) groups is 2. The Hall–Kier alpha value is -2.90. The quantitative estimate of drug-likeness (QED) is 0.321. The van der Waals surface area contributed by atoms with E-state index in [2.05, 4.69) is 47.2 Å². The summed E-state index contributed by atoms with van der Waals surface area (Å²) in [5.41, 5.74) is 4.11. The number of halogens is 1. The Morgan fingerprint density at radius 1 is 1.03 bits per heavy atom. The summed E-state index contributed by atoms with van der Waals surface area (Å²) >= 11 is 5.05. The minimum Gasteiger partial charge on any atom is -0.338 e. The lowest BCUT2D eigenvalue weighted by Gasteiger charge is -2.31. The number of hydrogen-bond donors (Lipinski definition) is 1. The van der Waals surface area contributed by atoms with E-state index in [9.17, 15) is 9.59 Å². The van der Waals surface area contributed by atoms with Gasteiger partial charge in [0, 0.05) is 46.0 Å². The maximum Gasteiger partial charge on any atom is 0.266 e. The van der Waals surface area contributed by atoms with Crippen LogP contribution < -0.4 is 5.32 Å². The molecule has 0 bridgehead atoms. The summed E-state index contributed by atoms with van der Waals surface area (Å²) in [6.07, 6.45) is 5.31. The number of hydrogen-bond acceptors (Lipinski definition) is 3. The molecule has 174 valence electrons. The van der Waals surface area contributed by atoms with Gasteiger partial charge in [-0.15, -0.1) is 11.3 Å². The molecule has 0 saturated carbocycles. The zero-order valence-electron chi connectivity index (χ0n) is 19.2. The number of likely N-dealkylation sites (tertiary alicyclic amines) is 1. The van der Waals surface area contributed by atoms with Crippen molar-refractivity contribution >= 4 is 54.9 Å². The van der Waals surface area contributed by atoms with Crippen molar-refractivity contribution in [3.8, 4) is 5.69 Å². The molecule has 0 aliphatic carbocycles. The fourth-order valence-electron chi connectivity index (χ4n) is 4.75. The summed E-state index contributed by atoms with van der Waals surface area (Å²) in [6.45, 7) is 5.35. The second kappa shape index (κ2) is 9.39. The van der Waals surface area contributed by atoms with Crippen molar-refractivity contribution in [2.24, 2.45) is 5.92 Å². The van der Waals surface area contributed by atoms with E-state index in [1.165, 1.54) is 11.1 Å². The van der Waals surface area contributed by atoms with Crippen LogP contribution in [-0.4, -0.2) is 34.4 Å². The maximum atomic E-state index is 13.7. The molecule has 1 aliphatic heterocycles. The van der Waals surface area contributed by atoms with Gasteiger partial charge in [0.2, 0.25) is 5.91 Å². The van der Waals surface area contributed by atoms with Gasteiger partial charge in [-0.3, -0.25) is 9.59 Å². The van der Waals surface area contributed by atoms with Crippen LogP contribution in [0.5, 0.6) is 0 Å². The van der Waals surface area contributed by atoms with Crippen LogP contribution in [0.15, 0.2) is 65.4 Å². The van der Waals surface area contributed by atoms with Gasteiger partial charge in [-0.05, 0) is 84.1 Å². The third-order valence-electron chi connectivity index (χ3n) is 6.45. The molecule has 0 unspecified atom stereocenters. The summed E-state index contributed by atoms with van der Waals surface area (Å²) in [6, 6.07) is 15.9. The summed E-state index contributed by atoms with van der Waals surface area (Å²) in [5, 5.41) is 4.16. The first-order valence-electron chi connectivity index (χ1n) is 11.4. The van der Waals surface area contributed by atoms with Gasteiger partial charge in [-0.25, -0.2) is 0 Å². The largest absolute Gasteiger partial charge is 0.338 e. The van der Waals surface area contributed by atoms with Crippen molar-refractivity contribution in [1.82, 2.24) is 9.47 Å². The van der Waals surface area contributed by atoms with Gasteiger partial charge in [0.15, 0.2) is 0 Å². The Kier molecular flexibility index (Phi) is 6.32. The van der Waals surface area contributed by atoms with Crippen molar-refractivity contribution < 1.29 is 9.59 Å². The average molecular weight is 536 g/mol. The molecule has 1 N–H and O–H groups in total. The van der Waals surface area contributed by atoms with Gasteiger partial charge >= 0.3 is 0 Å². The summed E-state index contributed by atoms with van der Waals surface area (Å²) in [5.74, 6) is -0.0426. The summed E-state index contributed by atoms with van der Waals surface area (Å²) in [4.78, 5) is 29.2. The molecule has 2 aromatic carbocycles. The number of piperidine rings is 1. The number of rotatable bonds is 4. The molecule has 1 saturated heterocycles. The monoisotopic (exact) mass is 535 g/mol. The van der Waals surface area contributed by atoms with Crippen LogP contribution in [0.3, 0.4) is 0 Å². The molecule has 0 spiro atoms. The standard InChI is InChI=1S/C27H26BrN3O2S/c1-17-15-18(2)23-22(16-17)34-25(24(23)30-11-5-6-12-30)27(33)31-13-9-19(10-14-31)26(32)29-21-8-4-3-7-20(21)28/h3-8,11-12,15-16,19H,9-10,13-14H2,1-2H3,(H,29,32). The van der Waals surface area contributed by atoms with E-state index in [0.717, 1.165) is 30.8 Å². The molecule has 5 rings (SSSR count). The zero-order valence-corrected chi connectivity index (χ0v) is 21.6. The number of nitrogens with one attached hydrogen (secondary N) is 1. The minimum atomic E-state index is -0.104. The molecule has 2 amide bonds. The van der Waals surface area contributed by atoms with E-state index in [4.69, 9.17) is 0 Å². The van der Waals surface area contributed by atoms with Gasteiger partial charge in [-0.1, -0.05) is 18.2 Å². The molecular formula is C27H26BrN3O2S. The molecule has 3 heterocycles. The molecule has 1 fully saturated rings. The molecule has 0 radical (unpaired) electrons. The molecule has 5 nitrogen and oxygen atoms in total. The number of aromatic nitrogens is 1. The highest BCUT2D eigenvalue weighted by Gasteiger charge is 2.31. The second-order valence-corrected chi connectivity index (χ2v) is 10.8. The highest BCUT2D eigenvalue weighted by atomic mass is 79.9. The van der Waals surface area contributed by atoms with Crippen LogP contribution in [0.25, 0.3) is 15.8 Å². The molecule has 7 heteroatoms. The van der Waals surface area contributed by atoms with Crippen LogP contribution >= 0.6 is 27.3 Å². The lowest BCUT2D eigenvalue weighted by molar-refractivity contribution is -0.121. The first kappa shape index (κ1) is 22.9. The molecule has 2 aromatic heterocycles. The average Bonchev–Trinajstić information content (AvgIpc) is 3.48. The fourth-order valence-corrected chi connectivity index (χ4v) is 6.47. The first-order valence-corrected chi connectivity index (χ1v) is 13.0. The summed E-state index contributed by atoms with van der Waals surface area (Å²) < 4.78 is 4.04. The van der Waals surface area contributed by atoms with E-state index in [0.29, 0.717) is 25.9 Å². The van der Waals surface area contributed by atoms with Crippen LogP contribution in [0.2, 0.25) is 0 Å². The summed E-state index contributed by atoms with van der Waals surface area (Å²) in [7, 11) is 0. The molecule has 0 atom stereocenters. The van der Waals surface area contributed by atoms with Crippen LogP contribution in [-0.2, 0) is 4.79 Å². The number of thiophene rings is 1. The molecule has 1 aliphatic rings. The van der Waals surface area contributed by atoms with Gasteiger partial charge in [0.1, 0.15) is 4.88 Å².